The second kappa shape index (κ2) is 6.55. The van der Waals surface area contributed by atoms with E-state index in [1.807, 2.05) is 61.5 Å². The number of hydrogen-bond acceptors (Lipinski definition) is 5. The molecule has 0 fully saturated rings. The van der Waals surface area contributed by atoms with Crippen LogP contribution in [0.5, 0.6) is 0 Å². The fourth-order valence-electron chi connectivity index (χ4n) is 2.90. The molecule has 0 amide bonds. The molecule has 2 aromatic carbocycles. The molecule has 0 radical (unpaired) electrons. The maximum atomic E-state index is 8.83. The van der Waals surface area contributed by atoms with E-state index in [1.165, 1.54) is 0 Å². The van der Waals surface area contributed by atoms with Crippen LogP contribution in [0.3, 0.4) is 0 Å². The van der Waals surface area contributed by atoms with Crippen LogP contribution in [0.25, 0.3) is 22.4 Å². The van der Waals surface area contributed by atoms with Crippen molar-refractivity contribution in [3.8, 4) is 11.5 Å². The number of hydroxylamine groups is 1. The molecule has 0 spiro atoms. The maximum Gasteiger partial charge on any atom is 0.226 e. The SMILES string of the molecule is Cc1oc(-c2ccccc2)nc1Cc1cc2cc(CNO)ccc2o1. The number of rotatable bonds is 5. The average molecular weight is 334 g/mol. The largest absolute Gasteiger partial charge is 0.461 e. The van der Waals surface area contributed by atoms with Gasteiger partial charge in [0, 0.05) is 17.5 Å². The molecule has 25 heavy (non-hydrogen) atoms. The van der Waals surface area contributed by atoms with Gasteiger partial charge in [0.05, 0.1) is 12.1 Å². The lowest BCUT2D eigenvalue weighted by Gasteiger charge is -1.97. The van der Waals surface area contributed by atoms with Gasteiger partial charge in [-0.25, -0.2) is 10.5 Å². The van der Waals surface area contributed by atoms with Crippen molar-refractivity contribution < 1.29 is 14.0 Å². The van der Waals surface area contributed by atoms with Crippen molar-refractivity contribution >= 4 is 11.0 Å². The van der Waals surface area contributed by atoms with E-state index < -0.39 is 0 Å². The first-order chi connectivity index (χ1) is 12.2. The van der Waals surface area contributed by atoms with Crippen LogP contribution >= 0.6 is 0 Å². The Morgan fingerprint density at radius 1 is 1.04 bits per heavy atom. The van der Waals surface area contributed by atoms with E-state index in [0.29, 0.717) is 18.9 Å². The highest BCUT2D eigenvalue weighted by molar-refractivity contribution is 5.78. The van der Waals surface area contributed by atoms with Crippen LogP contribution < -0.4 is 5.48 Å². The molecular formula is C20H18N2O3. The van der Waals surface area contributed by atoms with Gasteiger partial charge in [-0.2, -0.15) is 0 Å². The standard InChI is InChI=1S/C20H18N2O3/c1-13-18(22-20(24-13)15-5-3-2-4-6-15)11-17-10-16-9-14(12-21-23)7-8-19(16)25-17/h2-10,21,23H,11-12H2,1H3. The maximum absolute atomic E-state index is 8.83. The van der Waals surface area contributed by atoms with Crippen LogP contribution in [0, 0.1) is 6.92 Å². The summed E-state index contributed by atoms with van der Waals surface area (Å²) in [6.45, 7) is 2.32. The fraction of sp³-hybridized carbons (Fsp3) is 0.150. The van der Waals surface area contributed by atoms with Crippen molar-refractivity contribution in [3.63, 3.8) is 0 Å². The molecule has 0 unspecified atom stereocenters. The van der Waals surface area contributed by atoms with Gasteiger partial charge in [0.25, 0.3) is 0 Å². The summed E-state index contributed by atoms with van der Waals surface area (Å²) >= 11 is 0. The lowest BCUT2D eigenvalue weighted by Crippen LogP contribution is -2.05. The molecule has 2 heterocycles. The molecule has 0 aliphatic heterocycles. The third-order valence-electron chi connectivity index (χ3n) is 4.17. The lowest BCUT2D eigenvalue weighted by molar-refractivity contribution is 0.161. The second-order valence-corrected chi connectivity index (χ2v) is 5.98. The van der Waals surface area contributed by atoms with Crippen LogP contribution in [0.2, 0.25) is 0 Å². The summed E-state index contributed by atoms with van der Waals surface area (Å²) in [4.78, 5) is 4.62. The second-order valence-electron chi connectivity index (χ2n) is 5.98. The number of hydrogen-bond donors (Lipinski definition) is 2. The van der Waals surface area contributed by atoms with Gasteiger partial charge in [-0.3, -0.25) is 0 Å². The fourth-order valence-corrected chi connectivity index (χ4v) is 2.90. The van der Waals surface area contributed by atoms with E-state index >= 15 is 0 Å². The minimum atomic E-state index is 0.402. The summed E-state index contributed by atoms with van der Waals surface area (Å²) in [6, 6.07) is 17.7. The Morgan fingerprint density at radius 3 is 2.68 bits per heavy atom. The van der Waals surface area contributed by atoms with E-state index in [-0.39, 0.29) is 0 Å². The van der Waals surface area contributed by atoms with E-state index in [0.717, 1.165) is 39.3 Å². The van der Waals surface area contributed by atoms with Crippen molar-refractivity contribution in [1.82, 2.24) is 10.5 Å². The number of aryl methyl sites for hydroxylation is 1. The van der Waals surface area contributed by atoms with Crippen LogP contribution in [0.15, 0.2) is 63.4 Å². The van der Waals surface area contributed by atoms with Crippen LogP contribution in [0.4, 0.5) is 0 Å². The Bertz CT molecular complexity index is 1000. The molecule has 0 saturated heterocycles. The molecule has 4 rings (SSSR count). The molecule has 126 valence electrons. The minimum absolute atomic E-state index is 0.402. The highest BCUT2D eigenvalue weighted by atomic mass is 16.5. The Balaban J connectivity index is 1.62. The van der Waals surface area contributed by atoms with E-state index in [2.05, 4.69) is 10.5 Å². The molecule has 2 aromatic heterocycles. The van der Waals surface area contributed by atoms with Gasteiger partial charge in [-0.1, -0.05) is 24.3 Å². The Labute approximate surface area is 144 Å². The number of nitrogens with zero attached hydrogens (tertiary/aromatic N) is 1. The molecular weight excluding hydrogens is 316 g/mol. The molecule has 0 bridgehead atoms. The topological polar surface area (TPSA) is 71.4 Å². The number of benzene rings is 2. The molecule has 2 N–H and O–H groups in total. The third-order valence-corrected chi connectivity index (χ3v) is 4.17. The van der Waals surface area contributed by atoms with Crippen molar-refractivity contribution in [2.75, 3.05) is 0 Å². The first-order valence-corrected chi connectivity index (χ1v) is 8.13. The first-order valence-electron chi connectivity index (χ1n) is 8.13. The lowest BCUT2D eigenvalue weighted by atomic mass is 10.1. The Kier molecular flexibility index (Phi) is 4.09. The number of furan rings is 1. The van der Waals surface area contributed by atoms with Gasteiger partial charge >= 0.3 is 0 Å². The first kappa shape index (κ1) is 15.6. The van der Waals surface area contributed by atoms with Crippen molar-refractivity contribution in [3.05, 3.63) is 77.4 Å². The quantitative estimate of drug-likeness (QED) is 0.527. The van der Waals surface area contributed by atoms with E-state index in [1.54, 1.807) is 0 Å². The Hall–Kier alpha value is -2.89. The third kappa shape index (κ3) is 3.20. The number of aromatic nitrogens is 1. The summed E-state index contributed by atoms with van der Waals surface area (Å²) in [5.41, 5.74) is 5.81. The molecule has 5 heteroatoms. The predicted octanol–water partition coefficient (Wildman–Crippen LogP) is 4.47. The zero-order valence-electron chi connectivity index (χ0n) is 13.8. The highest BCUT2D eigenvalue weighted by Gasteiger charge is 2.14. The van der Waals surface area contributed by atoms with Gasteiger partial charge in [0.1, 0.15) is 17.1 Å². The van der Waals surface area contributed by atoms with Gasteiger partial charge < -0.3 is 14.0 Å². The summed E-state index contributed by atoms with van der Waals surface area (Å²) in [7, 11) is 0. The van der Waals surface area contributed by atoms with Gasteiger partial charge in [-0.05, 0) is 42.8 Å². The number of oxazole rings is 1. The normalized spacial score (nSPS) is 11.3. The highest BCUT2D eigenvalue weighted by Crippen LogP contribution is 2.26. The summed E-state index contributed by atoms with van der Waals surface area (Å²) in [6.07, 6.45) is 0.574. The smallest absolute Gasteiger partial charge is 0.226 e. The van der Waals surface area contributed by atoms with Crippen LogP contribution in [-0.2, 0) is 13.0 Å². The van der Waals surface area contributed by atoms with Crippen molar-refractivity contribution in [2.45, 2.75) is 19.9 Å². The summed E-state index contributed by atoms with van der Waals surface area (Å²) in [5, 5.41) is 9.83. The van der Waals surface area contributed by atoms with Gasteiger partial charge in [0.2, 0.25) is 5.89 Å². The summed E-state index contributed by atoms with van der Waals surface area (Å²) < 4.78 is 11.7. The van der Waals surface area contributed by atoms with Gasteiger partial charge in [-0.15, -0.1) is 0 Å². The van der Waals surface area contributed by atoms with E-state index in [4.69, 9.17) is 14.0 Å². The Morgan fingerprint density at radius 2 is 1.88 bits per heavy atom. The van der Waals surface area contributed by atoms with Crippen molar-refractivity contribution in [1.29, 1.82) is 0 Å². The molecule has 5 nitrogen and oxygen atoms in total. The minimum Gasteiger partial charge on any atom is -0.461 e. The predicted molar refractivity (Wildman–Crippen MR) is 94.3 cm³/mol. The zero-order chi connectivity index (χ0) is 17.2. The zero-order valence-corrected chi connectivity index (χ0v) is 13.8. The monoisotopic (exact) mass is 334 g/mol. The van der Waals surface area contributed by atoms with Crippen LogP contribution in [-0.4, -0.2) is 10.2 Å². The molecule has 0 aliphatic rings. The van der Waals surface area contributed by atoms with Crippen molar-refractivity contribution in [2.24, 2.45) is 0 Å². The molecule has 0 saturated carbocycles. The summed E-state index contributed by atoms with van der Waals surface area (Å²) in [5.74, 6) is 2.25. The van der Waals surface area contributed by atoms with Gasteiger partial charge in [0.15, 0.2) is 0 Å². The van der Waals surface area contributed by atoms with E-state index in [9.17, 15) is 0 Å². The molecule has 4 aromatic rings. The molecule has 0 atom stereocenters. The van der Waals surface area contributed by atoms with Crippen LogP contribution in [0.1, 0.15) is 22.8 Å². The number of nitrogens with one attached hydrogen (secondary N) is 1. The number of fused-ring (bicyclic) bond motifs is 1. The average Bonchev–Trinajstić information content (AvgIpc) is 3.19. The molecule has 0 aliphatic carbocycles.